The number of carbonyl (C=O) groups excluding carboxylic acids is 1. The number of hydrogen-bond acceptors (Lipinski definition) is 1. The SMILES string of the molecule is O=C([CH2][BiH][c]1ccccc1)c1ccccc1. The van der Waals surface area contributed by atoms with E-state index in [0.717, 1.165) is 9.69 Å². The van der Waals surface area contributed by atoms with E-state index in [1.807, 2.05) is 36.4 Å². The minimum absolute atomic E-state index is 0.299. The van der Waals surface area contributed by atoms with Crippen molar-refractivity contribution in [3.05, 3.63) is 66.2 Å². The van der Waals surface area contributed by atoms with Crippen LogP contribution in [-0.2, 0) is 0 Å². The molecule has 0 aliphatic rings. The molecule has 0 atom stereocenters. The zero-order chi connectivity index (χ0) is 11.2. The van der Waals surface area contributed by atoms with Gasteiger partial charge in [0, 0.05) is 0 Å². The van der Waals surface area contributed by atoms with Gasteiger partial charge in [-0.25, -0.2) is 0 Å². The molecule has 0 amide bonds. The van der Waals surface area contributed by atoms with E-state index in [2.05, 4.69) is 24.3 Å². The van der Waals surface area contributed by atoms with Gasteiger partial charge in [0.05, 0.1) is 0 Å². The van der Waals surface area contributed by atoms with Crippen LogP contribution in [0.4, 0.5) is 0 Å². The van der Waals surface area contributed by atoms with Crippen LogP contribution in [0.3, 0.4) is 0 Å². The number of carbonyl (C=O) groups is 1. The molecule has 0 unspecified atom stereocenters. The van der Waals surface area contributed by atoms with Crippen molar-refractivity contribution in [3.63, 3.8) is 0 Å². The molecule has 0 saturated heterocycles. The van der Waals surface area contributed by atoms with Gasteiger partial charge in [-0.1, -0.05) is 0 Å². The first-order valence-corrected chi connectivity index (χ1v) is 9.93. The molecule has 1 nitrogen and oxygen atoms in total. The van der Waals surface area contributed by atoms with E-state index in [4.69, 9.17) is 0 Å². The fourth-order valence-electron chi connectivity index (χ4n) is 1.46. The Hall–Kier alpha value is -1.01. The second kappa shape index (κ2) is 5.91. The van der Waals surface area contributed by atoms with Crippen LogP contribution in [0.2, 0.25) is 4.13 Å². The third-order valence-electron chi connectivity index (χ3n) is 2.32. The summed E-state index contributed by atoms with van der Waals surface area (Å²) in [4.78, 5) is 11.9. The summed E-state index contributed by atoms with van der Waals surface area (Å²) in [7, 11) is 0. The molecule has 2 heteroatoms. The summed E-state index contributed by atoms with van der Waals surface area (Å²) in [6, 6.07) is 20.0. The van der Waals surface area contributed by atoms with Gasteiger partial charge in [0.1, 0.15) is 0 Å². The first-order chi connectivity index (χ1) is 7.86. The van der Waals surface area contributed by atoms with Gasteiger partial charge in [0.25, 0.3) is 0 Å². The van der Waals surface area contributed by atoms with E-state index in [1.54, 1.807) is 0 Å². The standard InChI is InChI=1S/C8H7O.C6H5.Bi.H/c1-7(9)8-5-3-2-4-6-8;1-2-4-6-5-3-1;;/h2-6H,1H2;1-5H;;. The molecule has 2 aromatic rings. The average Bonchev–Trinajstić information content (AvgIpc) is 2.38. The summed E-state index contributed by atoms with van der Waals surface area (Å²) >= 11 is -0.959. The van der Waals surface area contributed by atoms with E-state index in [9.17, 15) is 4.79 Å². The van der Waals surface area contributed by atoms with Crippen LogP contribution < -0.4 is 3.27 Å². The molecule has 80 valence electrons. The van der Waals surface area contributed by atoms with Gasteiger partial charge in [0.2, 0.25) is 0 Å². The molecule has 0 radical (unpaired) electrons. The van der Waals surface area contributed by atoms with E-state index < -0.39 is 23.2 Å². The normalized spacial score (nSPS) is 10.0. The Morgan fingerprint density at radius 1 is 0.875 bits per heavy atom. The second-order valence-corrected chi connectivity index (χ2v) is 8.50. The number of benzene rings is 2. The average molecular weight is 406 g/mol. The fourth-order valence-corrected chi connectivity index (χ4v) is 5.34. The monoisotopic (exact) mass is 406 g/mol. The van der Waals surface area contributed by atoms with Gasteiger partial charge in [0.15, 0.2) is 0 Å². The number of hydrogen-bond donors (Lipinski definition) is 0. The molecule has 0 fully saturated rings. The van der Waals surface area contributed by atoms with Gasteiger partial charge in [-0.15, -0.1) is 0 Å². The van der Waals surface area contributed by atoms with Gasteiger partial charge in [-0.2, -0.15) is 0 Å². The Labute approximate surface area is 107 Å². The first-order valence-electron chi connectivity index (χ1n) is 5.23. The molecule has 0 aliphatic carbocycles. The molecule has 0 N–H and O–H groups in total. The summed E-state index contributed by atoms with van der Waals surface area (Å²) in [5.74, 6) is 0.299. The fraction of sp³-hybridized carbons (Fsp3) is 0.0714. The van der Waals surface area contributed by atoms with Crippen molar-refractivity contribution in [3.8, 4) is 0 Å². The van der Waals surface area contributed by atoms with E-state index in [0.29, 0.717) is 5.78 Å². The van der Waals surface area contributed by atoms with Crippen LogP contribution in [0, 0.1) is 0 Å². The minimum atomic E-state index is -0.959. The van der Waals surface area contributed by atoms with Crippen LogP contribution in [0.1, 0.15) is 10.4 Å². The van der Waals surface area contributed by atoms with Gasteiger partial charge in [-0.3, -0.25) is 0 Å². The molecule has 2 aromatic carbocycles. The van der Waals surface area contributed by atoms with Crippen molar-refractivity contribution in [1.29, 1.82) is 0 Å². The maximum absolute atomic E-state index is 11.9. The molecule has 0 aliphatic heterocycles. The zero-order valence-electron chi connectivity index (χ0n) is 8.89. The second-order valence-electron chi connectivity index (χ2n) is 3.51. The summed E-state index contributed by atoms with van der Waals surface area (Å²) in [5, 5.41) is 0. The Morgan fingerprint density at radius 3 is 2.06 bits per heavy atom. The number of ketones is 1. The van der Waals surface area contributed by atoms with Crippen molar-refractivity contribution in [1.82, 2.24) is 0 Å². The molecular formula is C14H13BiO. The zero-order valence-corrected chi connectivity index (χ0v) is 12.8. The third-order valence-corrected chi connectivity index (χ3v) is 7.14. The molecule has 0 heterocycles. The molecule has 2 rings (SSSR count). The van der Waals surface area contributed by atoms with Crippen LogP contribution >= 0.6 is 0 Å². The molecule has 0 aromatic heterocycles. The van der Waals surface area contributed by atoms with Crippen LogP contribution in [0.25, 0.3) is 0 Å². The number of rotatable bonds is 4. The van der Waals surface area contributed by atoms with Gasteiger partial charge in [-0.05, 0) is 0 Å². The van der Waals surface area contributed by atoms with Crippen molar-refractivity contribution in [2.45, 2.75) is 4.13 Å². The first kappa shape index (κ1) is 11.5. The van der Waals surface area contributed by atoms with E-state index >= 15 is 0 Å². The Balaban J connectivity index is 1.95. The van der Waals surface area contributed by atoms with E-state index in [-0.39, 0.29) is 0 Å². The molecule has 0 saturated carbocycles. The summed E-state index contributed by atoms with van der Waals surface area (Å²) in [6.45, 7) is 0. The summed E-state index contributed by atoms with van der Waals surface area (Å²) in [5.41, 5.74) is 0.853. The molecular weight excluding hydrogens is 393 g/mol. The number of Topliss-reactive ketones (excluding diaryl/α,β-unsaturated/α-hetero) is 1. The molecule has 16 heavy (non-hydrogen) atoms. The topological polar surface area (TPSA) is 17.1 Å². The predicted molar refractivity (Wildman–Crippen MR) is 68.8 cm³/mol. The summed E-state index contributed by atoms with van der Waals surface area (Å²) in [6.07, 6.45) is 0. The van der Waals surface area contributed by atoms with Crippen molar-refractivity contribution in [2.75, 3.05) is 0 Å². The van der Waals surface area contributed by atoms with Crippen molar-refractivity contribution in [2.24, 2.45) is 0 Å². The molecule has 0 spiro atoms. The summed E-state index contributed by atoms with van der Waals surface area (Å²) < 4.78 is 2.18. The van der Waals surface area contributed by atoms with Gasteiger partial charge < -0.3 is 0 Å². The van der Waals surface area contributed by atoms with Crippen LogP contribution in [0.5, 0.6) is 0 Å². The van der Waals surface area contributed by atoms with Crippen molar-refractivity contribution < 1.29 is 4.79 Å². The van der Waals surface area contributed by atoms with Gasteiger partial charge >= 0.3 is 107 Å². The molecule has 0 bridgehead atoms. The van der Waals surface area contributed by atoms with Crippen LogP contribution in [0.15, 0.2) is 60.7 Å². The van der Waals surface area contributed by atoms with E-state index in [1.165, 1.54) is 3.27 Å². The van der Waals surface area contributed by atoms with Crippen molar-refractivity contribution >= 4 is 32.3 Å². The van der Waals surface area contributed by atoms with Crippen LogP contribution in [-0.4, -0.2) is 29.0 Å². The quantitative estimate of drug-likeness (QED) is 0.561. The third kappa shape index (κ3) is 3.25. The Morgan fingerprint density at radius 2 is 1.44 bits per heavy atom. The predicted octanol–water partition coefficient (Wildman–Crippen LogP) is 2.05. The Kier molecular flexibility index (Phi) is 4.24. The Bertz CT molecular complexity index is 451. The maximum atomic E-state index is 11.9.